The smallest absolute Gasteiger partial charge is 0.290 e. The second-order valence-corrected chi connectivity index (χ2v) is 5.62. The van der Waals surface area contributed by atoms with Crippen molar-refractivity contribution in [2.24, 2.45) is 0 Å². The van der Waals surface area contributed by atoms with Crippen molar-refractivity contribution >= 4 is 34.8 Å². The van der Waals surface area contributed by atoms with E-state index in [0.717, 1.165) is 12.0 Å². The van der Waals surface area contributed by atoms with E-state index in [1.54, 1.807) is 6.07 Å². The number of carbonyl (C=O) groups is 1. The molecule has 1 N–H and O–H groups in total. The molecule has 0 aliphatic heterocycles. The van der Waals surface area contributed by atoms with Crippen LogP contribution >= 0.6 is 23.2 Å². The largest absolute Gasteiger partial charge is 0.318 e. The second kappa shape index (κ2) is 6.92. The van der Waals surface area contributed by atoms with Crippen molar-refractivity contribution in [2.75, 3.05) is 5.32 Å². The number of halogens is 2. The zero-order valence-electron chi connectivity index (χ0n) is 12.0. The summed E-state index contributed by atoms with van der Waals surface area (Å²) in [5.41, 5.74) is 2.57. The van der Waals surface area contributed by atoms with Gasteiger partial charge in [0.15, 0.2) is 12.4 Å². The quantitative estimate of drug-likeness (QED) is 0.853. The highest BCUT2D eigenvalue weighted by Crippen LogP contribution is 2.32. The summed E-state index contributed by atoms with van der Waals surface area (Å²) in [6, 6.07) is 7.54. The minimum Gasteiger partial charge on any atom is -0.318 e. The number of amides is 1. The minimum atomic E-state index is -0.168. The third-order valence-corrected chi connectivity index (χ3v) is 4.05. The molecule has 0 aliphatic rings. The molecule has 0 fully saturated rings. The number of benzene rings is 1. The molecule has 1 heterocycles. The lowest BCUT2D eigenvalue weighted by atomic mass is 10.2. The van der Waals surface area contributed by atoms with E-state index in [1.165, 1.54) is 5.56 Å². The van der Waals surface area contributed by atoms with E-state index in [-0.39, 0.29) is 12.5 Å². The predicted molar refractivity (Wildman–Crippen MR) is 85.8 cm³/mol. The van der Waals surface area contributed by atoms with Crippen molar-refractivity contribution in [1.29, 1.82) is 0 Å². The molecule has 0 atom stereocenters. The van der Waals surface area contributed by atoms with Gasteiger partial charge in [0.1, 0.15) is 0 Å². The number of aryl methyl sites for hydroxylation is 2. The maximum atomic E-state index is 12.1. The molecule has 1 amide bonds. The molecule has 0 unspecified atom stereocenters. The molecule has 1 aromatic heterocycles. The summed E-state index contributed by atoms with van der Waals surface area (Å²) in [7, 11) is 0. The topological polar surface area (TPSA) is 33.0 Å². The second-order valence-electron chi connectivity index (χ2n) is 4.83. The molecule has 0 saturated carbocycles. The molecule has 0 aliphatic carbocycles. The lowest BCUT2D eigenvalue weighted by Gasteiger charge is -2.10. The van der Waals surface area contributed by atoms with Crippen LogP contribution in [0.5, 0.6) is 0 Å². The molecule has 5 heteroatoms. The Hall–Kier alpha value is -1.58. The molecular weight excluding hydrogens is 307 g/mol. The molecule has 0 bridgehead atoms. The van der Waals surface area contributed by atoms with E-state index < -0.39 is 0 Å². The maximum Gasteiger partial charge on any atom is 0.290 e. The number of hydrogen-bond donors (Lipinski definition) is 1. The zero-order chi connectivity index (χ0) is 15.4. The van der Waals surface area contributed by atoms with Crippen molar-refractivity contribution in [3.05, 3.63) is 57.8 Å². The molecule has 0 radical (unpaired) electrons. The highest BCUT2D eigenvalue weighted by atomic mass is 35.5. The van der Waals surface area contributed by atoms with Crippen molar-refractivity contribution in [3.8, 4) is 0 Å². The highest BCUT2D eigenvalue weighted by molar-refractivity contribution is 6.40. The summed E-state index contributed by atoms with van der Waals surface area (Å²) in [5.74, 6) is -0.168. The lowest BCUT2D eigenvalue weighted by Crippen LogP contribution is -2.39. The lowest BCUT2D eigenvalue weighted by molar-refractivity contribution is -0.684. The Balaban J connectivity index is 2.09. The summed E-state index contributed by atoms with van der Waals surface area (Å²) < 4.78 is 1.81. The first-order chi connectivity index (χ1) is 10.0. The fourth-order valence-electron chi connectivity index (χ4n) is 1.95. The Morgan fingerprint density at radius 1 is 1.19 bits per heavy atom. The number of nitrogens with one attached hydrogen (secondary N) is 1. The normalized spacial score (nSPS) is 10.5. The van der Waals surface area contributed by atoms with Gasteiger partial charge in [0.05, 0.1) is 15.7 Å². The van der Waals surface area contributed by atoms with Crippen molar-refractivity contribution in [1.82, 2.24) is 0 Å². The van der Waals surface area contributed by atoms with Crippen LogP contribution in [0.2, 0.25) is 10.0 Å². The highest BCUT2D eigenvalue weighted by Gasteiger charge is 2.14. The predicted octanol–water partition coefficient (Wildman–Crippen LogP) is 3.79. The number of pyridine rings is 1. The zero-order valence-corrected chi connectivity index (χ0v) is 13.5. The van der Waals surface area contributed by atoms with Crippen molar-refractivity contribution < 1.29 is 9.36 Å². The van der Waals surface area contributed by atoms with Gasteiger partial charge in [-0.15, -0.1) is 0 Å². The van der Waals surface area contributed by atoms with E-state index in [0.29, 0.717) is 15.7 Å². The molecule has 21 heavy (non-hydrogen) atoms. The van der Waals surface area contributed by atoms with E-state index in [2.05, 4.69) is 12.2 Å². The maximum absolute atomic E-state index is 12.1. The summed E-state index contributed by atoms with van der Waals surface area (Å²) in [5, 5.41) is 3.68. The number of aromatic nitrogens is 1. The Bertz CT molecular complexity index is 654. The average Bonchev–Trinajstić information content (AvgIpc) is 2.48. The minimum absolute atomic E-state index is 0.168. The van der Waals surface area contributed by atoms with Gasteiger partial charge in [0.25, 0.3) is 5.91 Å². The van der Waals surface area contributed by atoms with Crippen LogP contribution < -0.4 is 9.88 Å². The Morgan fingerprint density at radius 2 is 1.86 bits per heavy atom. The summed E-state index contributed by atoms with van der Waals surface area (Å²) >= 11 is 12.3. The van der Waals surface area contributed by atoms with E-state index in [4.69, 9.17) is 23.2 Å². The molecule has 0 saturated heterocycles. The van der Waals surface area contributed by atoms with Crippen LogP contribution in [0.1, 0.15) is 18.1 Å². The van der Waals surface area contributed by atoms with Gasteiger partial charge >= 0.3 is 0 Å². The molecule has 3 nitrogen and oxygen atoms in total. The monoisotopic (exact) mass is 323 g/mol. The molecule has 0 spiro atoms. The van der Waals surface area contributed by atoms with Gasteiger partial charge in [-0.2, -0.15) is 4.57 Å². The molecular formula is C16H17Cl2N2O+. The molecule has 2 aromatic rings. The molecule has 1 aromatic carbocycles. The number of anilines is 1. The molecule has 110 valence electrons. The number of rotatable bonds is 4. The first kappa shape index (κ1) is 15.8. The van der Waals surface area contributed by atoms with Crippen LogP contribution in [0.4, 0.5) is 5.69 Å². The average molecular weight is 324 g/mol. The van der Waals surface area contributed by atoms with Crippen LogP contribution in [0, 0.1) is 6.92 Å². The number of hydrogen-bond acceptors (Lipinski definition) is 1. The summed E-state index contributed by atoms with van der Waals surface area (Å²) in [6.07, 6.45) is 4.75. The Kier molecular flexibility index (Phi) is 5.21. The first-order valence-electron chi connectivity index (χ1n) is 6.73. The van der Waals surface area contributed by atoms with Crippen LogP contribution in [-0.2, 0) is 17.8 Å². The van der Waals surface area contributed by atoms with E-state index in [1.807, 2.05) is 42.1 Å². The third-order valence-electron chi connectivity index (χ3n) is 3.24. The number of carbonyl (C=O) groups excluding carboxylic acids is 1. The van der Waals surface area contributed by atoms with Crippen LogP contribution in [0.15, 0.2) is 36.7 Å². The van der Waals surface area contributed by atoms with Crippen LogP contribution in [0.3, 0.4) is 0 Å². The van der Waals surface area contributed by atoms with Gasteiger partial charge in [0.2, 0.25) is 6.54 Å². The van der Waals surface area contributed by atoms with Crippen molar-refractivity contribution in [2.45, 2.75) is 26.8 Å². The summed E-state index contributed by atoms with van der Waals surface area (Å²) in [6.45, 7) is 4.17. The van der Waals surface area contributed by atoms with Gasteiger partial charge in [0, 0.05) is 12.1 Å². The van der Waals surface area contributed by atoms with Gasteiger partial charge in [-0.3, -0.25) is 4.79 Å². The van der Waals surface area contributed by atoms with Crippen LogP contribution in [-0.4, -0.2) is 5.91 Å². The van der Waals surface area contributed by atoms with Gasteiger partial charge in [-0.25, -0.2) is 0 Å². The fourth-order valence-corrected chi connectivity index (χ4v) is 2.41. The summed E-state index contributed by atoms with van der Waals surface area (Å²) in [4.78, 5) is 12.1. The van der Waals surface area contributed by atoms with E-state index in [9.17, 15) is 4.79 Å². The number of nitrogens with zero attached hydrogens (tertiary/aromatic N) is 1. The van der Waals surface area contributed by atoms with Gasteiger partial charge in [-0.05, 0) is 30.5 Å². The van der Waals surface area contributed by atoms with Crippen LogP contribution in [0.25, 0.3) is 0 Å². The van der Waals surface area contributed by atoms with Gasteiger partial charge in [-0.1, -0.05) is 36.2 Å². The van der Waals surface area contributed by atoms with E-state index >= 15 is 0 Å². The third kappa shape index (κ3) is 3.96. The van der Waals surface area contributed by atoms with Crippen molar-refractivity contribution in [3.63, 3.8) is 0 Å². The first-order valence-corrected chi connectivity index (χ1v) is 7.49. The van der Waals surface area contributed by atoms with Gasteiger partial charge < -0.3 is 5.32 Å². The SMILES string of the molecule is CCc1cc[n+](CC(=O)Nc2c(Cl)ccc(C)c2Cl)cc1. The Labute approximate surface area is 134 Å². The fraction of sp³-hybridized carbons (Fsp3) is 0.250. The standard InChI is InChI=1S/C16H16Cl2N2O/c1-3-12-6-8-20(9-7-12)10-14(21)19-16-13(17)5-4-11(2)15(16)18/h4-9H,3,10H2,1-2H3/p+1. The molecule has 2 rings (SSSR count). The Morgan fingerprint density at radius 3 is 2.48 bits per heavy atom.